The summed E-state index contributed by atoms with van der Waals surface area (Å²) in [4.78, 5) is 16.0. The number of nitriles is 1. The second-order valence-electron chi connectivity index (χ2n) is 5.44. The third-order valence-corrected chi connectivity index (χ3v) is 3.70. The fraction of sp³-hybridized carbons (Fsp3) is 0.167. The molecule has 1 aromatic carbocycles. The number of furan rings is 1. The molecule has 0 aliphatic carbocycles. The molecule has 2 heterocycles. The maximum absolute atomic E-state index is 13.8. The molecule has 3 rings (SSSR count). The quantitative estimate of drug-likeness (QED) is 0.698. The number of hydrogen-bond donors (Lipinski definition) is 2. The molecule has 0 unspecified atom stereocenters. The van der Waals surface area contributed by atoms with Gasteiger partial charge in [0, 0.05) is 24.7 Å². The van der Waals surface area contributed by atoms with E-state index in [0.29, 0.717) is 40.8 Å². The molecule has 0 aliphatic rings. The van der Waals surface area contributed by atoms with Crippen LogP contribution in [0.2, 0.25) is 0 Å². The second-order valence-corrected chi connectivity index (χ2v) is 5.44. The average Bonchev–Trinajstić information content (AvgIpc) is 3.13. The number of rotatable bonds is 5. The van der Waals surface area contributed by atoms with E-state index in [4.69, 9.17) is 4.42 Å². The van der Waals surface area contributed by atoms with Crippen molar-refractivity contribution in [2.45, 2.75) is 6.92 Å². The molecule has 1 amide bonds. The highest BCUT2D eigenvalue weighted by atomic mass is 19.1. The van der Waals surface area contributed by atoms with Gasteiger partial charge in [-0.3, -0.25) is 9.78 Å². The second kappa shape index (κ2) is 7.01. The molecule has 0 saturated carbocycles. The minimum atomic E-state index is -0.393. The number of hydrogen-bond acceptors (Lipinski definition) is 5. The van der Waals surface area contributed by atoms with E-state index in [0.717, 1.165) is 0 Å². The Kier molecular flexibility index (Phi) is 4.61. The number of carbonyl (C=O) groups excluding carboxylic acids is 1. The third-order valence-electron chi connectivity index (χ3n) is 3.70. The van der Waals surface area contributed by atoms with Gasteiger partial charge in [-0.1, -0.05) is 0 Å². The van der Waals surface area contributed by atoms with Crippen LogP contribution in [0.25, 0.3) is 10.9 Å². The zero-order chi connectivity index (χ0) is 17.8. The summed E-state index contributed by atoms with van der Waals surface area (Å²) >= 11 is 0. The molecular formula is C18H15FN4O2. The number of benzene rings is 1. The monoisotopic (exact) mass is 338 g/mol. The fourth-order valence-electron chi connectivity index (χ4n) is 2.57. The van der Waals surface area contributed by atoms with E-state index in [1.807, 2.05) is 6.07 Å². The number of nitrogens with one attached hydrogen (secondary N) is 2. The van der Waals surface area contributed by atoms with Crippen LogP contribution in [0.3, 0.4) is 0 Å². The predicted octanol–water partition coefficient (Wildman–Crippen LogP) is 2.99. The minimum absolute atomic E-state index is 0.227. The molecule has 0 radical (unpaired) electrons. The predicted molar refractivity (Wildman–Crippen MR) is 90.7 cm³/mol. The maximum atomic E-state index is 13.8. The number of aryl methyl sites for hydroxylation is 1. The van der Waals surface area contributed by atoms with Crippen molar-refractivity contribution < 1.29 is 13.6 Å². The molecule has 7 heteroatoms. The van der Waals surface area contributed by atoms with Crippen molar-refractivity contribution in [1.82, 2.24) is 10.3 Å². The first-order valence-electron chi connectivity index (χ1n) is 7.64. The van der Waals surface area contributed by atoms with Gasteiger partial charge in [0.05, 0.1) is 23.0 Å². The normalized spacial score (nSPS) is 10.4. The Balaban J connectivity index is 1.76. The number of halogens is 1. The molecule has 0 atom stereocenters. The van der Waals surface area contributed by atoms with Crippen LogP contribution in [-0.2, 0) is 0 Å². The van der Waals surface area contributed by atoms with Crippen molar-refractivity contribution in [3.05, 3.63) is 59.4 Å². The SMILES string of the molecule is Cc1cc(F)cc2c(NCCNC(=O)c3ccco3)c(C#N)cnc12. The van der Waals surface area contributed by atoms with Crippen molar-refractivity contribution >= 4 is 22.5 Å². The Labute approximate surface area is 143 Å². The number of carbonyl (C=O) groups is 1. The largest absolute Gasteiger partial charge is 0.459 e. The summed E-state index contributed by atoms with van der Waals surface area (Å²) in [6, 6.07) is 7.99. The Hall–Kier alpha value is -3.40. The molecule has 2 aromatic heterocycles. The van der Waals surface area contributed by atoms with Gasteiger partial charge in [-0.2, -0.15) is 5.26 Å². The lowest BCUT2D eigenvalue weighted by molar-refractivity contribution is 0.0927. The number of pyridine rings is 1. The minimum Gasteiger partial charge on any atom is -0.459 e. The first-order valence-corrected chi connectivity index (χ1v) is 7.64. The van der Waals surface area contributed by atoms with Crippen molar-refractivity contribution in [2.24, 2.45) is 0 Å². The molecule has 0 aliphatic heterocycles. The van der Waals surface area contributed by atoms with Crippen LogP contribution in [-0.4, -0.2) is 24.0 Å². The van der Waals surface area contributed by atoms with Crippen LogP contribution in [0.15, 0.2) is 41.1 Å². The van der Waals surface area contributed by atoms with E-state index in [9.17, 15) is 14.4 Å². The number of aromatic nitrogens is 1. The lowest BCUT2D eigenvalue weighted by Gasteiger charge is -2.13. The summed E-state index contributed by atoms with van der Waals surface area (Å²) in [7, 11) is 0. The van der Waals surface area contributed by atoms with Crippen LogP contribution < -0.4 is 10.6 Å². The van der Waals surface area contributed by atoms with E-state index < -0.39 is 5.82 Å². The van der Waals surface area contributed by atoms with Gasteiger partial charge in [0.1, 0.15) is 11.9 Å². The van der Waals surface area contributed by atoms with Crippen molar-refractivity contribution in [1.29, 1.82) is 5.26 Å². The van der Waals surface area contributed by atoms with E-state index in [2.05, 4.69) is 15.6 Å². The molecule has 25 heavy (non-hydrogen) atoms. The highest BCUT2D eigenvalue weighted by molar-refractivity contribution is 5.95. The first kappa shape index (κ1) is 16.5. The standard InChI is InChI=1S/C18H15FN4O2/c1-11-7-13(19)8-14-16(11)23-10-12(9-20)17(14)21-4-5-22-18(24)15-3-2-6-25-15/h2-3,6-8,10H,4-5H2,1H3,(H,21,23)(H,22,24). The maximum Gasteiger partial charge on any atom is 0.287 e. The number of anilines is 1. The molecule has 126 valence electrons. The number of nitrogens with zero attached hydrogens (tertiary/aromatic N) is 2. The molecule has 0 bridgehead atoms. The van der Waals surface area contributed by atoms with Gasteiger partial charge in [-0.15, -0.1) is 0 Å². The summed E-state index contributed by atoms with van der Waals surface area (Å²) in [5.41, 5.74) is 2.13. The molecular weight excluding hydrogens is 323 g/mol. The van der Waals surface area contributed by atoms with Crippen molar-refractivity contribution in [3.8, 4) is 6.07 Å². The van der Waals surface area contributed by atoms with Crippen LogP contribution >= 0.6 is 0 Å². The zero-order valence-corrected chi connectivity index (χ0v) is 13.5. The zero-order valence-electron chi connectivity index (χ0n) is 13.5. The lowest BCUT2D eigenvalue weighted by Crippen LogP contribution is -2.28. The number of amides is 1. The van der Waals surface area contributed by atoms with Gasteiger partial charge >= 0.3 is 0 Å². The Morgan fingerprint density at radius 2 is 2.24 bits per heavy atom. The summed E-state index contributed by atoms with van der Waals surface area (Å²) in [6.45, 7) is 2.43. The topological polar surface area (TPSA) is 91.0 Å². The highest BCUT2D eigenvalue weighted by Crippen LogP contribution is 2.28. The first-order chi connectivity index (χ1) is 12.1. The Morgan fingerprint density at radius 3 is 2.96 bits per heavy atom. The van der Waals surface area contributed by atoms with Gasteiger partial charge in [0.25, 0.3) is 5.91 Å². The van der Waals surface area contributed by atoms with Gasteiger partial charge in [0.2, 0.25) is 0 Å². The molecule has 3 aromatic rings. The van der Waals surface area contributed by atoms with E-state index in [1.54, 1.807) is 19.1 Å². The van der Waals surface area contributed by atoms with Crippen LogP contribution in [0, 0.1) is 24.1 Å². The summed E-state index contributed by atoms with van der Waals surface area (Å²) in [5, 5.41) is 15.6. The molecule has 6 nitrogen and oxygen atoms in total. The third kappa shape index (κ3) is 3.43. The van der Waals surface area contributed by atoms with E-state index in [1.165, 1.54) is 24.6 Å². The Bertz CT molecular complexity index is 961. The van der Waals surface area contributed by atoms with E-state index >= 15 is 0 Å². The summed E-state index contributed by atoms with van der Waals surface area (Å²) in [6.07, 6.45) is 2.88. The highest BCUT2D eigenvalue weighted by Gasteiger charge is 2.12. The summed E-state index contributed by atoms with van der Waals surface area (Å²) < 4.78 is 18.8. The number of fused-ring (bicyclic) bond motifs is 1. The summed E-state index contributed by atoms with van der Waals surface area (Å²) in [5.74, 6) is -0.491. The van der Waals surface area contributed by atoms with Gasteiger partial charge in [0.15, 0.2) is 5.76 Å². The van der Waals surface area contributed by atoms with Crippen LogP contribution in [0.5, 0.6) is 0 Å². The molecule has 2 N–H and O–H groups in total. The molecule has 0 saturated heterocycles. The van der Waals surface area contributed by atoms with Gasteiger partial charge in [-0.05, 0) is 36.8 Å². The van der Waals surface area contributed by atoms with Crippen molar-refractivity contribution in [2.75, 3.05) is 18.4 Å². The molecule has 0 spiro atoms. The fourth-order valence-corrected chi connectivity index (χ4v) is 2.57. The van der Waals surface area contributed by atoms with Gasteiger partial charge in [-0.25, -0.2) is 4.39 Å². The van der Waals surface area contributed by atoms with Crippen LogP contribution in [0.4, 0.5) is 10.1 Å². The van der Waals surface area contributed by atoms with E-state index in [-0.39, 0.29) is 11.7 Å². The smallest absolute Gasteiger partial charge is 0.287 e. The van der Waals surface area contributed by atoms with Crippen LogP contribution in [0.1, 0.15) is 21.7 Å². The molecule has 0 fully saturated rings. The van der Waals surface area contributed by atoms with Crippen molar-refractivity contribution in [3.63, 3.8) is 0 Å². The lowest BCUT2D eigenvalue weighted by atomic mass is 10.1. The average molecular weight is 338 g/mol. The van der Waals surface area contributed by atoms with Gasteiger partial charge < -0.3 is 15.1 Å². The Morgan fingerprint density at radius 1 is 1.40 bits per heavy atom.